The van der Waals surface area contributed by atoms with Crippen molar-refractivity contribution >= 4 is 5.78 Å². The zero-order valence-corrected chi connectivity index (χ0v) is 9.13. The van der Waals surface area contributed by atoms with E-state index < -0.39 is 0 Å². The molecule has 3 nitrogen and oxygen atoms in total. The fourth-order valence-electron chi connectivity index (χ4n) is 2.27. The van der Waals surface area contributed by atoms with Crippen molar-refractivity contribution in [2.24, 2.45) is 0 Å². The number of aromatic hydroxyl groups is 1. The molecule has 1 aromatic carbocycles. The summed E-state index contributed by atoms with van der Waals surface area (Å²) in [7, 11) is 1.57. The van der Waals surface area contributed by atoms with E-state index in [0.717, 1.165) is 5.56 Å². The van der Waals surface area contributed by atoms with E-state index in [4.69, 9.17) is 4.74 Å². The first-order chi connectivity index (χ1) is 6.97. The first-order valence-electron chi connectivity index (χ1n) is 4.91. The number of phenols is 1. The molecule has 0 atom stereocenters. The van der Waals surface area contributed by atoms with E-state index in [1.165, 1.54) is 6.07 Å². The molecule has 80 valence electrons. The van der Waals surface area contributed by atoms with Gasteiger partial charge in [-0.25, -0.2) is 0 Å². The maximum absolute atomic E-state index is 11.8. The van der Waals surface area contributed by atoms with Crippen LogP contribution < -0.4 is 4.74 Å². The number of carbonyl (C=O) groups is 1. The summed E-state index contributed by atoms with van der Waals surface area (Å²) in [6.07, 6.45) is 0.427. The van der Waals surface area contributed by atoms with Gasteiger partial charge in [0.05, 0.1) is 12.7 Å². The quantitative estimate of drug-likeness (QED) is 0.766. The predicted molar refractivity (Wildman–Crippen MR) is 56.6 cm³/mol. The van der Waals surface area contributed by atoms with Gasteiger partial charge in [-0.1, -0.05) is 13.8 Å². The third-order valence-electron chi connectivity index (χ3n) is 2.92. The Labute approximate surface area is 88.7 Å². The molecule has 0 amide bonds. The molecular weight excluding hydrogens is 192 g/mol. The molecule has 0 aliphatic heterocycles. The Balaban J connectivity index is 2.77. The van der Waals surface area contributed by atoms with Crippen LogP contribution in [-0.2, 0) is 5.41 Å². The lowest BCUT2D eigenvalue weighted by Crippen LogP contribution is -2.13. The van der Waals surface area contributed by atoms with E-state index in [1.807, 2.05) is 13.8 Å². The van der Waals surface area contributed by atoms with Crippen molar-refractivity contribution in [1.82, 2.24) is 0 Å². The topological polar surface area (TPSA) is 46.5 Å². The van der Waals surface area contributed by atoms with Crippen molar-refractivity contribution in [1.29, 1.82) is 0 Å². The molecule has 1 aliphatic carbocycles. The predicted octanol–water partition coefficient (Wildman–Crippen LogP) is 2.26. The maximum atomic E-state index is 11.8. The molecule has 15 heavy (non-hydrogen) atoms. The molecule has 0 aromatic heterocycles. The zero-order valence-electron chi connectivity index (χ0n) is 9.13. The summed E-state index contributed by atoms with van der Waals surface area (Å²) in [6, 6.07) is 3.21. The molecule has 0 saturated carbocycles. The molecule has 2 rings (SSSR count). The highest BCUT2D eigenvalue weighted by atomic mass is 16.5. The first-order valence-corrected chi connectivity index (χ1v) is 4.91. The van der Waals surface area contributed by atoms with Crippen molar-refractivity contribution in [2.75, 3.05) is 7.11 Å². The lowest BCUT2D eigenvalue weighted by molar-refractivity contribution is 0.0977. The number of hydrogen-bond acceptors (Lipinski definition) is 3. The Morgan fingerprint density at radius 3 is 2.67 bits per heavy atom. The highest BCUT2D eigenvalue weighted by Crippen LogP contribution is 2.46. The minimum atomic E-state index is -0.253. The Bertz CT molecular complexity index is 433. The number of phenolic OH excluding ortho intramolecular Hbond substituents is 1. The second kappa shape index (κ2) is 2.99. The van der Waals surface area contributed by atoms with E-state index in [0.29, 0.717) is 17.7 Å². The van der Waals surface area contributed by atoms with Crippen LogP contribution in [0.4, 0.5) is 0 Å². The third-order valence-corrected chi connectivity index (χ3v) is 2.92. The van der Waals surface area contributed by atoms with Gasteiger partial charge >= 0.3 is 0 Å². The number of methoxy groups -OCH3 is 1. The van der Waals surface area contributed by atoms with Crippen LogP contribution in [0.3, 0.4) is 0 Å². The number of rotatable bonds is 1. The van der Waals surface area contributed by atoms with Crippen LogP contribution in [0.25, 0.3) is 0 Å². The van der Waals surface area contributed by atoms with Crippen LogP contribution in [-0.4, -0.2) is 18.0 Å². The van der Waals surface area contributed by atoms with E-state index >= 15 is 0 Å². The molecule has 0 spiro atoms. The summed E-state index contributed by atoms with van der Waals surface area (Å²) in [4.78, 5) is 11.8. The number of ketones is 1. The van der Waals surface area contributed by atoms with Crippen molar-refractivity contribution in [3.05, 3.63) is 23.3 Å². The van der Waals surface area contributed by atoms with Gasteiger partial charge in [0.15, 0.2) is 5.78 Å². The van der Waals surface area contributed by atoms with Gasteiger partial charge in [-0.2, -0.15) is 0 Å². The standard InChI is InChI=1S/C12H14O3/c1-12(2)6-8(14)10-7(13)4-5-9(15-3)11(10)12/h4-5,13H,6H2,1-3H3. The van der Waals surface area contributed by atoms with Gasteiger partial charge in [-0.3, -0.25) is 4.79 Å². The van der Waals surface area contributed by atoms with Gasteiger partial charge in [-0.05, 0) is 12.1 Å². The fourth-order valence-corrected chi connectivity index (χ4v) is 2.27. The number of hydrogen-bond donors (Lipinski definition) is 1. The molecule has 0 fully saturated rings. The second-order valence-corrected chi connectivity index (χ2v) is 4.52. The van der Waals surface area contributed by atoms with Crippen LogP contribution in [0, 0.1) is 0 Å². The van der Waals surface area contributed by atoms with Gasteiger partial charge in [0.2, 0.25) is 0 Å². The van der Waals surface area contributed by atoms with Crippen molar-refractivity contribution in [3.63, 3.8) is 0 Å². The van der Waals surface area contributed by atoms with Crippen LogP contribution in [0.1, 0.15) is 36.2 Å². The lowest BCUT2D eigenvalue weighted by Gasteiger charge is -2.20. The normalized spacial score (nSPS) is 17.7. The van der Waals surface area contributed by atoms with E-state index in [9.17, 15) is 9.90 Å². The monoisotopic (exact) mass is 206 g/mol. The average molecular weight is 206 g/mol. The molecule has 0 saturated heterocycles. The molecule has 3 heteroatoms. The summed E-state index contributed by atoms with van der Waals surface area (Å²) in [5, 5.41) is 9.68. The lowest BCUT2D eigenvalue weighted by atomic mass is 9.86. The van der Waals surface area contributed by atoms with Crippen molar-refractivity contribution in [2.45, 2.75) is 25.7 Å². The highest BCUT2D eigenvalue weighted by Gasteiger charge is 2.40. The summed E-state index contributed by atoms with van der Waals surface area (Å²) in [5.41, 5.74) is 1.01. The van der Waals surface area contributed by atoms with E-state index in [-0.39, 0.29) is 16.9 Å². The maximum Gasteiger partial charge on any atom is 0.167 e. The Morgan fingerprint density at radius 1 is 1.40 bits per heavy atom. The van der Waals surface area contributed by atoms with Gasteiger partial charge < -0.3 is 9.84 Å². The first kappa shape index (κ1) is 10.0. The van der Waals surface area contributed by atoms with Crippen LogP contribution in [0.15, 0.2) is 12.1 Å². The molecule has 1 N–H and O–H groups in total. The number of fused-ring (bicyclic) bond motifs is 1. The SMILES string of the molecule is COc1ccc(O)c2c1C(C)(C)CC2=O. The summed E-state index contributed by atoms with van der Waals surface area (Å²) in [6.45, 7) is 3.97. The number of benzene rings is 1. The van der Waals surface area contributed by atoms with Crippen LogP contribution in [0.5, 0.6) is 11.5 Å². The summed E-state index contributed by atoms with van der Waals surface area (Å²) in [5.74, 6) is 0.728. The van der Waals surface area contributed by atoms with E-state index in [2.05, 4.69) is 0 Å². The van der Waals surface area contributed by atoms with E-state index in [1.54, 1.807) is 13.2 Å². The molecule has 0 heterocycles. The summed E-state index contributed by atoms with van der Waals surface area (Å²) >= 11 is 0. The minimum absolute atomic E-state index is 0.00796. The molecule has 0 unspecified atom stereocenters. The third kappa shape index (κ3) is 1.30. The van der Waals surface area contributed by atoms with Gasteiger partial charge in [0, 0.05) is 17.4 Å². The summed E-state index contributed by atoms with van der Waals surface area (Å²) < 4.78 is 5.23. The number of ether oxygens (including phenoxy) is 1. The molecule has 1 aliphatic rings. The Morgan fingerprint density at radius 2 is 2.07 bits per heavy atom. The van der Waals surface area contributed by atoms with Gasteiger partial charge in [0.25, 0.3) is 0 Å². The number of carbonyl (C=O) groups excluding carboxylic acids is 1. The second-order valence-electron chi connectivity index (χ2n) is 4.52. The fraction of sp³-hybridized carbons (Fsp3) is 0.417. The van der Waals surface area contributed by atoms with Crippen molar-refractivity contribution < 1.29 is 14.6 Å². The largest absolute Gasteiger partial charge is 0.507 e. The molecule has 0 bridgehead atoms. The smallest absolute Gasteiger partial charge is 0.167 e. The van der Waals surface area contributed by atoms with Gasteiger partial charge in [0.1, 0.15) is 11.5 Å². The molecule has 0 radical (unpaired) electrons. The number of Topliss-reactive ketones (excluding diaryl/α,β-unsaturated/α-hetero) is 1. The highest BCUT2D eigenvalue weighted by molar-refractivity contribution is 6.05. The van der Waals surface area contributed by atoms with Gasteiger partial charge in [-0.15, -0.1) is 0 Å². The zero-order chi connectivity index (χ0) is 11.2. The molecule has 1 aromatic rings. The van der Waals surface area contributed by atoms with Crippen LogP contribution in [0.2, 0.25) is 0 Å². The van der Waals surface area contributed by atoms with Crippen LogP contribution >= 0.6 is 0 Å². The Kier molecular flexibility index (Phi) is 2.00. The molecular formula is C12H14O3. The minimum Gasteiger partial charge on any atom is -0.507 e. The Hall–Kier alpha value is -1.51. The average Bonchev–Trinajstić information content (AvgIpc) is 2.39. The van der Waals surface area contributed by atoms with Crippen molar-refractivity contribution in [3.8, 4) is 11.5 Å².